The minimum Gasteiger partial charge on any atom is -0.385 e. The molecular formula is C12H18O6. The molecule has 1 saturated heterocycles. The molecule has 4 atom stereocenters. The topological polar surface area (TPSA) is 74.2 Å². The van der Waals surface area contributed by atoms with E-state index in [9.17, 15) is 9.90 Å². The molecule has 1 fully saturated rings. The molecule has 2 rings (SSSR count). The summed E-state index contributed by atoms with van der Waals surface area (Å²) >= 11 is 0. The summed E-state index contributed by atoms with van der Waals surface area (Å²) in [4.78, 5) is 11.9. The van der Waals surface area contributed by atoms with E-state index >= 15 is 0 Å². The number of hydrogen-bond donors (Lipinski definition) is 1. The van der Waals surface area contributed by atoms with Gasteiger partial charge in [-0.15, -0.1) is 0 Å². The first-order valence-electron chi connectivity index (χ1n) is 5.69. The van der Waals surface area contributed by atoms with Gasteiger partial charge < -0.3 is 24.1 Å². The van der Waals surface area contributed by atoms with E-state index in [1.165, 1.54) is 26.4 Å². The second kappa shape index (κ2) is 4.11. The van der Waals surface area contributed by atoms with Gasteiger partial charge in [-0.3, -0.25) is 4.79 Å². The summed E-state index contributed by atoms with van der Waals surface area (Å²) in [5.74, 6) is -2.80. The Labute approximate surface area is 105 Å². The average molecular weight is 258 g/mol. The molecule has 6 heteroatoms. The summed E-state index contributed by atoms with van der Waals surface area (Å²) in [5, 5.41) is 9.94. The maximum absolute atomic E-state index is 11.9. The smallest absolute Gasteiger partial charge is 0.221 e. The Morgan fingerprint density at radius 2 is 1.94 bits per heavy atom. The first-order valence-corrected chi connectivity index (χ1v) is 5.69. The summed E-state index contributed by atoms with van der Waals surface area (Å²) in [6.45, 7) is 3.17. The van der Waals surface area contributed by atoms with Crippen LogP contribution < -0.4 is 0 Å². The van der Waals surface area contributed by atoms with Gasteiger partial charge in [-0.05, 0) is 26.0 Å². The van der Waals surface area contributed by atoms with Crippen molar-refractivity contribution >= 4 is 5.78 Å². The molecule has 1 spiro atoms. The molecule has 0 amide bonds. The Hall–Kier alpha value is -0.790. The Kier molecular flexibility index (Phi) is 3.11. The first kappa shape index (κ1) is 13.6. The normalized spacial score (nSPS) is 48.1. The molecule has 2 aliphatic rings. The van der Waals surface area contributed by atoms with Crippen molar-refractivity contribution in [3.05, 3.63) is 12.2 Å². The monoisotopic (exact) mass is 258 g/mol. The fourth-order valence-electron chi connectivity index (χ4n) is 2.21. The fraction of sp³-hybridized carbons (Fsp3) is 0.750. The highest BCUT2D eigenvalue weighted by atomic mass is 16.8. The largest absolute Gasteiger partial charge is 0.385 e. The molecule has 0 saturated carbocycles. The second-order valence-electron chi connectivity index (χ2n) is 4.75. The third-order valence-corrected chi connectivity index (χ3v) is 3.87. The van der Waals surface area contributed by atoms with E-state index in [4.69, 9.17) is 18.9 Å². The van der Waals surface area contributed by atoms with Crippen LogP contribution in [0.2, 0.25) is 0 Å². The van der Waals surface area contributed by atoms with Crippen LogP contribution in [0.5, 0.6) is 0 Å². The van der Waals surface area contributed by atoms with Gasteiger partial charge in [0.15, 0.2) is 11.4 Å². The highest BCUT2D eigenvalue weighted by molar-refractivity contribution is 6.01. The van der Waals surface area contributed by atoms with Crippen LogP contribution in [0.25, 0.3) is 0 Å². The van der Waals surface area contributed by atoms with Crippen molar-refractivity contribution in [3.8, 4) is 0 Å². The number of aliphatic hydroxyl groups is 1. The summed E-state index contributed by atoms with van der Waals surface area (Å²) in [7, 11) is 2.89. The van der Waals surface area contributed by atoms with E-state index in [0.29, 0.717) is 0 Å². The highest BCUT2D eigenvalue weighted by Gasteiger charge is 2.63. The van der Waals surface area contributed by atoms with Crippen LogP contribution >= 0.6 is 0 Å². The second-order valence-corrected chi connectivity index (χ2v) is 4.75. The van der Waals surface area contributed by atoms with E-state index in [0.717, 1.165) is 0 Å². The molecule has 102 valence electrons. The molecule has 1 aliphatic carbocycles. The molecule has 6 nitrogen and oxygen atoms in total. The van der Waals surface area contributed by atoms with E-state index in [-0.39, 0.29) is 12.4 Å². The molecule has 0 radical (unpaired) electrons. The summed E-state index contributed by atoms with van der Waals surface area (Å²) in [5.41, 5.74) is -1.44. The third kappa shape index (κ3) is 1.57. The number of aliphatic hydroxyl groups excluding tert-OH is 1. The number of ketones is 1. The molecule has 1 aliphatic heterocycles. The van der Waals surface area contributed by atoms with Crippen molar-refractivity contribution in [1.82, 2.24) is 0 Å². The number of rotatable bonds is 2. The molecule has 0 bridgehead atoms. The SMILES string of the molecule is CO[C@@]1(C)OC[C@@]2(O[C@]1(C)OC)C(=O)C=C[C@@H]2O. The third-order valence-electron chi connectivity index (χ3n) is 3.87. The van der Waals surface area contributed by atoms with Crippen LogP contribution in [0.15, 0.2) is 12.2 Å². The molecule has 1 N–H and O–H groups in total. The van der Waals surface area contributed by atoms with Gasteiger partial charge in [0.1, 0.15) is 6.10 Å². The Morgan fingerprint density at radius 3 is 2.39 bits per heavy atom. The molecule has 1 heterocycles. The van der Waals surface area contributed by atoms with E-state index in [2.05, 4.69) is 0 Å². The van der Waals surface area contributed by atoms with Crippen molar-refractivity contribution in [2.24, 2.45) is 0 Å². The van der Waals surface area contributed by atoms with Gasteiger partial charge in [0.25, 0.3) is 0 Å². The van der Waals surface area contributed by atoms with Crippen molar-refractivity contribution in [3.63, 3.8) is 0 Å². The van der Waals surface area contributed by atoms with Crippen LogP contribution in [0.3, 0.4) is 0 Å². The van der Waals surface area contributed by atoms with Gasteiger partial charge >= 0.3 is 0 Å². The lowest BCUT2D eigenvalue weighted by Crippen LogP contribution is -2.70. The summed E-state index contributed by atoms with van der Waals surface area (Å²) in [6, 6.07) is 0. The van der Waals surface area contributed by atoms with Crippen molar-refractivity contribution in [2.45, 2.75) is 37.1 Å². The van der Waals surface area contributed by atoms with E-state index < -0.39 is 23.3 Å². The van der Waals surface area contributed by atoms with Crippen LogP contribution in [0.1, 0.15) is 13.8 Å². The highest BCUT2D eigenvalue weighted by Crippen LogP contribution is 2.43. The quantitative estimate of drug-likeness (QED) is 0.751. The Bertz CT molecular complexity index is 394. The first-order chi connectivity index (χ1) is 8.33. The van der Waals surface area contributed by atoms with Crippen LogP contribution in [0, 0.1) is 0 Å². The maximum Gasteiger partial charge on any atom is 0.221 e. The number of methoxy groups -OCH3 is 2. The Morgan fingerprint density at radius 1 is 1.33 bits per heavy atom. The van der Waals surface area contributed by atoms with Gasteiger partial charge in [-0.25, -0.2) is 0 Å². The lowest BCUT2D eigenvalue weighted by Gasteiger charge is -2.52. The molecular weight excluding hydrogens is 240 g/mol. The zero-order chi connectivity index (χ0) is 13.6. The molecule has 0 aromatic heterocycles. The number of carbonyl (C=O) groups is 1. The van der Waals surface area contributed by atoms with Gasteiger partial charge in [-0.2, -0.15) is 0 Å². The number of carbonyl (C=O) groups excluding carboxylic acids is 1. The lowest BCUT2D eigenvalue weighted by molar-refractivity contribution is -0.448. The predicted octanol–water partition coefficient (Wildman–Crippen LogP) is -0.00300. The molecule has 0 unspecified atom stereocenters. The standard InChI is InChI=1S/C12H18O6/c1-10(15-3)11(2,16-4)18-12(7-17-10)8(13)5-6-9(12)14/h5-6,8,13H,7H2,1-4H3/t8-,10-,11-,12-/m0/s1. The van der Waals surface area contributed by atoms with Crippen molar-refractivity contribution in [2.75, 3.05) is 20.8 Å². The van der Waals surface area contributed by atoms with Crippen LogP contribution in [0.4, 0.5) is 0 Å². The predicted molar refractivity (Wildman–Crippen MR) is 60.7 cm³/mol. The lowest BCUT2D eigenvalue weighted by atomic mass is 9.94. The molecule has 0 aromatic rings. The minimum atomic E-state index is -1.44. The zero-order valence-electron chi connectivity index (χ0n) is 10.9. The Balaban J connectivity index is 2.36. The van der Waals surface area contributed by atoms with Crippen LogP contribution in [-0.2, 0) is 23.7 Å². The maximum atomic E-state index is 11.9. The summed E-state index contributed by atoms with van der Waals surface area (Å²) in [6.07, 6.45) is 1.62. The molecule has 18 heavy (non-hydrogen) atoms. The van der Waals surface area contributed by atoms with Crippen molar-refractivity contribution in [1.29, 1.82) is 0 Å². The van der Waals surface area contributed by atoms with Gasteiger partial charge in [-0.1, -0.05) is 0 Å². The van der Waals surface area contributed by atoms with Gasteiger partial charge in [0, 0.05) is 14.2 Å². The molecule has 0 aromatic carbocycles. The number of hydrogen-bond acceptors (Lipinski definition) is 6. The van der Waals surface area contributed by atoms with Crippen LogP contribution in [-0.4, -0.2) is 55.0 Å². The van der Waals surface area contributed by atoms with Gasteiger partial charge in [0.2, 0.25) is 11.6 Å². The van der Waals surface area contributed by atoms with E-state index in [1.54, 1.807) is 13.8 Å². The number of ether oxygens (including phenoxy) is 4. The minimum absolute atomic E-state index is 0.0940. The fourth-order valence-corrected chi connectivity index (χ4v) is 2.21. The van der Waals surface area contributed by atoms with E-state index in [1.807, 2.05) is 0 Å². The zero-order valence-corrected chi connectivity index (χ0v) is 10.9. The van der Waals surface area contributed by atoms with Crippen molar-refractivity contribution < 1.29 is 28.8 Å². The summed E-state index contributed by atoms with van der Waals surface area (Å²) < 4.78 is 22.0. The van der Waals surface area contributed by atoms with Gasteiger partial charge in [0.05, 0.1) is 6.61 Å². The average Bonchev–Trinajstić information content (AvgIpc) is 2.63.